The number of aryl methyl sites for hydroxylation is 1. The fraction of sp³-hybridized carbons (Fsp3) is 0.370. The molecule has 2 aromatic rings. The third-order valence-corrected chi connectivity index (χ3v) is 6.25. The second-order valence-corrected chi connectivity index (χ2v) is 8.88. The van der Waals surface area contributed by atoms with Gasteiger partial charge in [0.25, 0.3) is 5.91 Å². The monoisotopic (exact) mass is 464 g/mol. The molecule has 4 rings (SSSR count). The molecule has 1 saturated heterocycles. The van der Waals surface area contributed by atoms with E-state index in [9.17, 15) is 14.4 Å². The van der Waals surface area contributed by atoms with Gasteiger partial charge in [0.05, 0.1) is 0 Å². The molecule has 34 heavy (non-hydrogen) atoms. The molecule has 0 aliphatic carbocycles. The molecule has 2 aromatic carbocycles. The topological polar surface area (TPSA) is 98.2 Å². The molecule has 2 N–H and O–H groups in total. The zero-order valence-electron chi connectivity index (χ0n) is 19.5. The summed E-state index contributed by atoms with van der Waals surface area (Å²) in [6.45, 7) is 7.33. The Balaban J connectivity index is 0.000000350. The van der Waals surface area contributed by atoms with Crippen molar-refractivity contribution >= 4 is 17.8 Å². The number of benzene rings is 2. The van der Waals surface area contributed by atoms with E-state index in [0.29, 0.717) is 18.1 Å². The Morgan fingerprint density at radius 1 is 1.00 bits per heavy atom. The van der Waals surface area contributed by atoms with Crippen molar-refractivity contribution in [3.8, 4) is 0 Å². The molecular weight excluding hydrogens is 432 g/mol. The van der Waals surface area contributed by atoms with Crippen LogP contribution in [0.2, 0.25) is 0 Å². The lowest BCUT2D eigenvalue weighted by atomic mass is 9.96. The predicted octanol–water partition coefficient (Wildman–Crippen LogP) is 3.62. The van der Waals surface area contributed by atoms with Crippen molar-refractivity contribution in [3.63, 3.8) is 0 Å². The Bertz CT molecular complexity index is 1020. The normalized spacial score (nSPS) is 16.3. The number of amides is 1. The van der Waals surface area contributed by atoms with E-state index < -0.39 is 11.9 Å². The fourth-order valence-corrected chi connectivity index (χ4v) is 4.46. The number of hydrogen-bond donors (Lipinski definition) is 2. The van der Waals surface area contributed by atoms with Gasteiger partial charge in [0.2, 0.25) is 0 Å². The van der Waals surface area contributed by atoms with Crippen molar-refractivity contribution < 1.29 is 24.6 Å². The number of rotatable bonds is 7. The summed E-state index contributed by atoms with van der Waals surface area (Å²) in [4.78, 5) is 36.3. The Hall–Kier alpha value is -3.45. The van der Waals surface area contributed by atoms with E-state index in [1.807, 2.05) is 18.2 Å². The summed E-state index contributed by atoms with van der Waals surface area (Å²) in [6.07, 6.45) is 4.65. The first kappa shape index (κ1) is 25.2. The second kappa shape index (κ2) is 12.1. The van der Waals surface area contributed by atoms with Gasteiger partial charge in [-0.05, 0) is 62.4 Å². The van der Waals surface area contributed by atoms with Crippen molar-refractivity contribution in [3.05, 3.63) is 82.9 Å². The molecule has 0 unspecified atom stereocenters. The predicted molar refractivity (Wildman–Crippen MR) is 130 cm³/mol. The average Bonchev–Trinajstić information content (AvgIpc) is 3.13. The number of carboxylic acids is 2. The van der Waals surface area contributed by atoms with E-state index >= 15 is 0 Å². The molecule has 7 nitrogen and oxygen atoms in total. The van der Waals surface area contributed by atoms with Crippen LogP contribution in [0.4, 0.5) is 0 Å². The smallest absolute Gasteiger partial charge is 0.328 e. The molecule has 0 radical (unpaired) electrons. The minimum Gasteiger partial charge on any atom is -0.478 e. The van der Waals surface area contributed by atoms with E-state index in [-0.39, 0.29) is 5.91 Å². The van der Waals surface area contributed by atoms with Crippen molar-refractivity contribution in [1.82, 2.24) is 9.80 Å². The maximum atomic E-state index is 12.5. The molecule has 2 aliphatic heterocycles. The van der Waals surface area contributed by atoms with Crippen LogP contribution in [-0.2, 0) is 22.6 Å². The van der Waals surface area contributed by atoms with Crippen LogP contribution in [-0.4, -0.2) is 64.0 Å². The maximum absolute atomic E-state index is 12.5. The van der Waals surface area contributed by atoms with Gasteiger partial charge in [-0.25, -0.2) is 9.59 Å². The highest BCUT2D eigenvalue weighted by molar-refractivity contribution is 5.98. The number of hydrogen-bond acceptors (Lipinski definition) is 4. The molecule has 7 heteroatoms. The van der Waals surface area contributed by atoms with E-state index in [4.69, 9.17) is 10.2 Å². The summed E-state index contributed by atoms with van der Waals surface area (Å²) in [7, 11) is 0. The minimum atomic E-state index is -1.26. The molecule has 0 aromatic heterocycles. The molecule has 1 amide bonds. The number of aliphatic carboxylic acids is 2. The highest BCUT2D eigenvalue weighted by atomic mass is 16.4. The number of fused-ring (bicyclic) bond motifs is 1. The lowest BCUT2D eigenvalue weighted by Crippen LogP contribution is -2.39. The van der Waals surface area contributed by atoms with Crippen molar-refractivity contribution in [2.75, 3.05) is 26.2 Å². The third-order valence-electron chi connectivity index (χ3n) is 6.25. The Labute approximate surface area is 200 Å². The van der Waals surface area contributed by atoms with Gasteiger partial charge < -0.3 is 20.0 Å². The first-order valence-electron chi connectivity index (χ1n) is 11.6. The van der Waals surface area contributed by atoms with Crippen LogP contribution < -0.4 is 0 Å². The van der Waals surface area contributed by atoms with Crippen LogP contribution >= 0.6 is 0 Å². The SMILES string of the molecule is Cc1cccc(CCN2CCC(CN3Cc4ccccc4C3=O)CC2)c1.O=C(O)/C=C/C(=O)O. The first-order chi connectivity index (χ1) is 16.3. The standard InChI is InChI=1S/C23H28N2O.C4H4O4/c1-18-5-4-6-19(15-18)9-12-24-13-10-20(11-14-24)16-25-17-21-7-2-3-8-22(21)23(25)26;5-3(6)1-2-4(7)8/h2-8,15,20H,9-14,16-17H2,1H3;1-2H,(H,5,6)(H,7,8)/b;2-1+. The fourth-order valence-electron chi connectivity index (χ4n) is 4.46. The van der Waals surface area contributed by atoms with E-state index in [0.717, 1.165) is 44.7 Å². The Kier molecular flexibility index (Phi) is 8.99. The molecule has 2 aliphatic rings. The molecule has 180 valence electrons. The van der Waals surface area contributed by atoms with Gasteiger partial charge in [-0.15, -0.1) is 0 Å². The molecule has 0 saturated carbocycles. The first-order valence-corrected chi connectivity index (χ1v) is 11.6. The average molecular weight is 465 g/mol. The number of piperidine rings is 1. The zero-order valence-corrected chi connectivity index (χ0v) is 19.5. The number of nitrogens with zero attached hydrogens (tertiary/aromatic N) is 2. The van der Waals surface area contributed by atoms with Gasteiger partial charge in [-0.1, -0.05) is 48.0 Å². The van der Waals surface area contributed by atoms with Gasteiger partial charge >= 0.3 is 11.9 Å². The number of carboxylic acid groups (broad SMARTS) is 2. The summed E-state index contributed by atoms with van der Waals surface area (Å²) in [5, 5.41) is 15.6. The molecule has 0 bridgehead atoms. The van der Waals surface area contributed by atoms with Crippen LogP contribution in [0.1, 0.15) is 39.9 Å². The van der Waals surface area contributed by atoms with Crippen LogP contribution in [0.25, 0.3) is 0 Å². The Morgan fingerprint density at radius 2 is 1.68 bits per heavy atom. The molecular formula is C27H32N2O5. The quantitative estimate of drug-likeness (QED) is 0.608. The lowest BCUT2D eigenvalue weighted by molar-refractivity contribution is -0.134. The van der Waals surface area contributed by atoms with Crippen molar-refractivity contribution in [2.45, 2.75) is 32.7 Å². The summed E-state index contributed by atoms with van der Waals surface area (Å²) in [6, 6.07) is 16.9. The summed E-state index contributed by atoms with van der Waals surface area (Å²) < 4.78 is 0. The maximum Gasteiger partial charge on any atom is 0.328 e. The molecule has 0 atom stereocenters. The van der Waals surface area contributed by atoms with Gasteiger partial charge in [0.15, 0.2) is 0 Å². The molecule has 0 spiro atoms. The number of carbonyl (C=O) groups is 3. The molecule has 1 fully saturated rings. The van der Waals surface area contributed by atoms with Crippen LogP contribution in [0.5, 0.6) is 0 Å². The zero-order chi connectivity index (χ0) is 24.5. The summed E-state index contributed by atoms with van der Waals surface area (Å²) >= 11 is 0. The lowest BCUT2D eigenvalue weighted by Gasteiger charge is -2.33. The summed E-state index contributed by atoms with van der Waals surface area (Å²) in [5.74, 6) is -1.65. The van der Waals surface area contributed by atoms with Gasteiger partial charge in [0.1, 0.15) is 0 Å². The van der Waals surface area contributed by atoms with Crippen LogP contribution in [0, 0.1) is 12.8 Å². The van der Waals surface area contributed by atoms with Gasteiger partial charge in [-0.2, -0.15) is 0 Å². The van der Waals surface area contributed by atoms with Crippen LogP contribution in [0.3, 0.4) is 0 Å². The summed E-state index contributed by atoms with van der Waals surface area (Å²) in [5.41, 5.74) is 4.88. The van der Waals surface area contributed by atoms with E-state index in [2.05, 4.69) is 47.1 Å². The third kappa shape index (κ3) is 7.56. The van der Waals surface area contributed by atoms with Crippen LogP contribution in [0.15, 0.2) is 60.7 Å². The van der Waals surface area contributed by atoms with Gasteiger partial charge in [0, 0.05) is 37.3 Å². The van der Waals surface area contributed by atoms with Crippen molar-refractivity contribution in [2.24, 2.45) is 5.92 Å². The van der Waals surface area contributed by atoms with E-state index in [1.54, 1.807) is 0 Å². The van der Waals surface area contributed by atoms with Gasteiger partial charge in [-0.3, -0.25) is 4.79 Å². The van der Waals surface area contributed by atoms with Crippen molar-refractivity contribution in [1.29, 1.82) is 0 Å². The largest absolute Gasteiger partial charge is 0.478 e. The minimum absolute atomic E-state index is 0.225. The number of carbonyl (C=O) groups excluding carboxylic acids is 1. The second-order valence-electron chi connectivity index (χ2n) is 8.88. The van der Waals surface area contributed by atoms with E-state index in [1.165, 1.54) is 29.5 Å². The highest BCUT2D eigenvalue weighted by Gasteiger charge is 2.29. The number of likely N-dealkylation sites (tertiary alicyclic amines) is 1. The highest BCUT2D eigenvalue weighted by Crippen LogP contribution is 2.26. The Morgan fingerprint density at radius 3 is 2.29 bits per heavy atom. The molecule has 2 heterocycles.